The summed E-state index contributed by atoms with van der Waals surface area (Å²) in [5.41, 5.74) is 1.07. The molecule has 19 heavy (non-hydrogen) atoms. The number of methoxy groups -OCH3 is 1. The molecule has 1 aliphatic heterocycles. The number of esters is 1. The molecular formula is C16H14O3. The van der Waals surface area contributed by atoms with E-state index in [4.69, 9.17) is 9.47 Å². The number of carbonyl (C=O) groups excluding carboxylic acids is 1. The molecule has 2 aromatic rings. The van der Waals surface area contributed by atoms with Crippen molar-refractivity contribution in [1.29, 1.82) is 0 Å². The Bertz CT molecular complexity index is 634. The number of hydrogen-bond donors (Lipinski definition) is 0. The monoisotopic (exact) mass is 254 g/mol. The van der Waals surface area contributed by atoms with E-state index in [1.54, 1.807) is 13.2 Å². The van der Waals surface area contributed by atoms with Crippen LogP contribution in [-0.2, 0) is 10.2 Å². The Hall–Kier alpha value is -2.29. The van der Waals surface area contributed by atoms with E-state index in [9.17, 15) is 4.79 Å². The SMILES string of the molecule is COc1ccc2c(c1)OC(=O)C2(C)c1ccccc1. The summed E-state index contributed by atoms with van der Waals surface area (Å²) in [6.45, 7) is 1.89. The molecular weight excluding hydrogens is 240 g/mol. The Morgan fingerprint density at radius 3 is 2.53 bits per heavy atom. The van der Waals surface area contributed by atoms with Crippen molar-refractivity contribution >= 4 is 5.97 Å². The van der Waals surface area contributed by atoms with Crippen molar-refractivity contribution in [2.45, 2.75) is 12.3 Å². The van der Waals surface area contributed by atoms with Crippen LogP contribution in [0.2, 0.25) is 0 Å². The lowest BCUT2D eigenvalue weighted by Gasteiger charge is -2.21. The van der Waals surface area contributed by atoms with Crippen LogP contribution < -0.4 is 9.47 Å². The van der Waals surface area contributed by atoms with E-state index in [0.29, 0.717) is 11.5 Å². The minimum Gasteiger partial charge on any atom is -0.497 e. The van der Waals surface area contributed by atoms with Crippen molar-refractivity contribution in [3.8, 4) is 11.5 Å². The Labute approximate surface area is 111 Å². The summed E-state index contributed by atoms with van der Waals surface area (Å²) in [6.07, 6.45) is 0. The van der Waals surface area contributed by atoms with Gasteiger partial charge in [0.15, 0.2) is 0 Å². The normalized spacial score (nSPS) is 20.8. The van der Waals surface area contributed by atoms with Gasteiger partial charge < -0.3 is 9.47 Å². The number of hydrogen-bond acceptors (Lipinski definition) is 3. The summed E-state index contributed by atoms with van der Waals surface area (Å²) < 4.78 is 10.6. The predicted octanol–water partition coefficient (Wildman–Crippen LogP) is 2.92. The van der Waals surface area contributed by atoms with Crippen LogP contribution in [0.15, 0.2) is 48.5 Å². The van der Waals surface area contributed by atoms with Crippen molar-refractivity contribution in [2.24, 2.45) is 0 Å². The fourth-order valence-corrected chi connectivity index (χ4v) is 2.48. The number of ether oxygens (including phenoxy) is 2. The van der Waals surface area contributed by atoms with Gasteiger partial charge in [-0.1, -0.05) is 36.4 Å². The smallest absolute Gasteiger partial charge is 0.326 e. The van der Waals surface area contributed by atoms with Crippen molar-refractivity contribution in [3.05, 3.63) is 59.7 Å². The third kappa shape index (κ3) is 1.62. The van der Waals surface area contributed by atoms with Crippen LogP contribution in [0.4, 0.5) is 0 Å². The summed E-state index contributed by atoms with van der Waals surface area (Å²) in [6, 6.07) is 15.2. The first kappa shape index (κ1) is 11.8. The fraction of sp³-hybridized carbons (Fsp3) is 0.188. The van der Waals surface area contributed by atoms with Gasteiger partial charge in [0.1, 0.15) is 16.9 Å². The van der Waals surface area contributed by atoms with Gasteiger partial charge in [0, 0.05) is 11.6 Å². The van der Waals surface area contributed by atoms with Gasteiger partial charge in [-0.25, -0.2) is 0 Å². The molecule has 0 saturated carbocycles. The average Bonchev–Trinajstić information content (AvgIpc) is 2.72. The molecule has 1 aliphatic rings. The van der Waals surface area contributed by atoms with Gasteiger partial charge in [-0.15, -0.1) is 0 Å². The highest BCUT2D eigenvalue weighted by molar-refractivity contribution is 5.94. The predicted molar refractivity (Wildman–Crippen MR) is 71.5 cm³/mol. The Kier molecular flexibility index (Phi) is 2.56. The molecule has 0 aromatic heterocycles. The van der Waals surface area contributed by atoms with E-state index in [-0.39, 0.29) is 5.97 Å². The van der Waals surface area contributed by atoms with Crippen molar-refractivity contribution in [2.75, 3.05) is 7.11 Å². The Morgan fingerprint density at radius 2 is 1.84 bits per heavy atom. The molecule has 2 aromatic carbocycles. The Balaban J connectivity index is 2.18. The van der Waals surface area contributed by atoms with E-state index in [0.717, 1.165) is 11.1 Å². The lowest BCUT2D eigenvalue weighted by Crippen LogP contribution is -2.31. The number of rotatable bonds is 2. The Morgan fingerprint density at radius 1 is 1.11 bits per heavy atom. The van der Waals surface area contributed by atoms with E-state index in [1.165, 1.54) is 0 Å². The molecule has 3 nitrogen and oxygen atoms in total. The highest BCUT2D eigenvalue weighted by Gasteiger charge is 2.46. The molecule has 0 fully saturated rings. The molecule has 1 unspecified atom stereocenters. The summed E-state index contributed by atoms with van der Waals surface area (Å²) in [5.74, 6) is 1.02. The topological polar surface area (TPSA) is 35.5 Å². The van der Waals surface area contributed by atoms with E-state index in [2.05, 4.69) is 0 Å². The van der Waals surface area contributed by atoms with Crippen LogP contribution in [0, 0.1) is 0 Å². The largest absolute Gasteiger partial charge is 0.497 e. The maximum atomic E-state index is 12.3. The zero-order valence-electron chi connectivity index (χ0n) is 10.8. The van der Waals surface area contributed by atoms with Gasteiger partial charge in [-0.2, -0.15) is 0 Å². The third-order valence-electron chi connectivity index (χ3n) is 3.69. The molecule has 1 heterocycles. The standard InChI is InChI=1S/C16H14O3/c1-16(11-6-4-3-5-7-11)13-9-8-12(18-2)10-14(13)19-15(16)17/h3-10H,1-2H3. The van der Waals surface area contributed by atoms with Gasteiger partial charge in [0.2, 0.25) is 0 Å². The zero-order chi connectivity index (χ0) is 13.5. The molecule has 96 valence electrons. The molecule has 0 radical (unpaired) electrons. The lowest BCUT2D eigenvalue weighted by molar-refractivity contribution is -0.136. The first-order valence-corrected chi connectivity index (χ1v) is 6.12. The molecule has 0 aliphatic carbocycles. The van der Waals surface area contributed by atoms with Gasteiger partial charge in [0.05, 0.1) is 7.11 Å². The summed E-state index contributed by atoms with van der Waals surface area (Å²) >= 11 is 0. The van der Waals surface area contributed by atoms with E-state index in [1.807, 2.05) is 49.4 Å². The summed E-state index contributed by atoms with van der Waals surface area (Å²) in [7, 11) is 1.59. The van der Waals surface area contributed by atoms with Crippen LogP contribution in [0.1, 0.15) is 18.1 Å². The van der Waals surface area contributed by atoms with Gasteiger partial charge in [-0.05, 0) is 18.6 Å². The highest BCUT2D eigenvalue weighted by Crippen LogP contribution is 2.45. The second-order valence-corrected chi connectivity index (χ2v) is 4.74. The first-order chi connectivity index (χ1) is 9.16. The molecule has 0 spiro atoms. The van der Waals surface area contributed by atoms with Gasteiger partial charge >= 0.3 is 5.97 Å². The third-order valence-corrected chi connectivity index (χ3v) is 3.69. The zero-order valence-corrected chi connectivity index (χ0v) is 10.8. The average molecular weight is 254 g/mol. The van der Waals surface area contributed by atoms with E-state index >= 15 is 0 Å². The second kappa shape index (κ2) is 4.12. The highest BCUT2D eigenvalue weighted by atomic mass is 16.5. The molecule has 0 N–H and O–H groups in total. The molecule has 3 heteroatoms. The van der Waals surface area contributed by atoms with E-state index < -0.39 is 5.41 Å². The number of fused-ring (bicyclic) bond motifs is 1. The van der Waals surface area contributed by atoms with Crippen LogP contribution in [-0.4, -0.2) is 13.1 Å². The maximum Gasteiger partial charge on any atom is 0.326 e. The molecule has 0 amide bonds. The van der Waals surface area contributed by atoms with Gasteiger partial charge in [-0.3, -0.25) is 4.79 Å². The lowest BCUT2D eigenvalue weighted by atomic mass is 9.77. The second-order valence-electron chi connectivity index (χ2n) is 4.74. The van der Waals surface area contributed by atoms with Crippen LogP contribution in [0.25, 0.3) is 0 Å². The van der Waals surface area contributed by atoms with Gasteiger partial charge in [0.25, 0.3) is 0 Å². The fourth-order valence-electron chi connectivity index (χ4n) is 2.48. The van der Waals surface area contributed by atoms with Crippen molar-refractivity contribution in [1.82, 2.24) is 0 Å². The molecule has 1 atom stereocenters. The van der Waals surface area contributed by atoms with Crippen LogP contribution in [0.5, 0.6) is 11.5 Å². The summed E-state index contributed by atoms with van der Waals surface area (Å²) in [5, 5.41) is 0. The number of carbonyl (C=O) groups is 1. The quantitative estimate of drug-likeness (QED) is 0.610. The van der Waals surface area contributed by atoms with Crippen molar-refractivity contribution < 1.29 is 14.3 Å². The molecule has 0 bridgehead atoms. The van der Waals surface area contributed by atoms with Crippen molar-refractivity contribution in [3.63, 3.8) is 0 Å². The van der Waals surface area contributed by atoms with Crippen LogP contribution in [0.3, 0.4) is 0 Å². The minimum atomic E-state index is -0.747. The maximum absolute atomic E-state index is 12.3. The molecule has 0 saturated heterocycles. The minimum absolute atomic E-state index is 0.248. The summed E-state index contributed by atoms with van der Waals surface area (Å²) in [4.78, 5) is 12.3. The molecule has 3 rings (SSSR count). The number of benzene rings is 2. The first-order valence-electron chi connectivity index (χ1n) is 6.12. The van der Waals surface area contributed by atoms with Crippen LogP contribution >= 0.6 is 0 Å².